The van der Waals surface area contributed by atoms with Gasteiger partial charge in [-0.05, 0) is 56.7 Å². The van der Waals surface area contributed by atoms with Crippen LogP contribution in [-0.4, -0.2) is 41.1 Å². The van der Waals surface area contributed by atoms with E-state index in [0.29, 0.717) is 17.8 Å². The lowest BCUT2D eigenvalue weighted by Crippen LogP contribution is -2.34. The Morgan fingerprint density at radius 2 is 1.20 bits per heavy atom. The van der Waals surface area contributed by atoms with Gasteiger partial charge >= 0.3 is 6.18 Å². The van der Waals surface area contributed by atoms with Gasteiger partial charge in [-0.3, -0.25) is 10.9 Å². The smallest absolute Gasteiger partial charge is 0.344 e. The monoisotopic (exact) mass is 533 g/mol. The van der Waals surface area contributed by atoms with Crippen LogP contribution in [0.4, 0.5) is 36.7 Å². The molecular formula is C20H47ClF3N11. The summed E-state index contributed by atoms with van der Waals surface area (Å²) in [5, 5.41) is 0. The van der Waals surface area contributed by atoms with Crippen molar-refractivity contribution in [2.24, 2.45) is 0 Å². The largest absolute Gasteiger partial charge is 0.416 e. The Hall–Kier alpha value is -2.65. The average Bonchev–Trinajstić information content (AvgIpc) is 2.78. The van der Waals surface area contributed by atoms with Crippen LogP contribution >= 0.6 is 12.4 Å². The van der Waals surface area contributed by atoms with E-state index in [1.807, 2.05) is 0 Å². The molecule has 0 aliphatic carbocycles. The van der Waals surface area contributed by atoms with E-state index in [9.17, 15) is 13.2 Å². The number of alkyl halides is 3. The van der Waals surface area contributed by atoms with Crippen LogP contribution in [0.1, 0.15) is 49.8 Å². The molecule has 0 bridgehead atoms. The maximum Gasteiger partial charge on any atom is 0.416 e. The molecule has 0 radical (unpaired) electrons. The van der Waals surface area contributed by atoms with Crippen molar-refractivity contribution in [1.29, 1.82) is 0 Å². The zero-order valence-electron chi connectivity index (χ0n) is 20.0. The van der Waals surface area contributed by atoms with Gasteiger partial charge in [-0.2, -0.15) is 28.1 Å². The summed E-state index contributed by atoms with van der Waals surface area (Å²) in [5.41, 5.74) is 5.23. The summed E-state index contributed by atoms with van der Waals surface area (Å²) in [6, 6.07) is 5.00. The third kappa shape index (κ3) is 9.14. The van der Waals surface area contributed by atoms with Gasteiger partial charge in [-0.25, -0.2) is 0 Å². The maximum atomic E-state index is 13.0. The van der Waals surface area contributed by atoms with Crippen LogP contribution in [0, 0.1) is 0 Å². The fourth-order valence-electron chi connectivity index (χ4n) is 3.78. The molecule has 0 amide bonds. The second-order valence-electron chi connectivity index (χ2n) is 7.68. The zero-order chi connectivity index (χ0) is 21.0. The number of nitrogens with one attached hydrogen (secondary N) is 2. The number of piperidine rings is 2. The van der Waals surface area contributed by atoms with Crippen molar-refractivity contribution in [2.75, 3.05) is 46.8 Å². The Kier molecular flexibility index (Phi) is 15.2. The molecule has 11 nitrogen and oxygen atoms in total. The first-order valence-electron chi connectivity index (χ1n) is 10.4. The van der Waals surface area contributed by atoms with Crippen molar-refractivity contribution in [3.8, 4) is 0 Å². The predicted molar refractivity (Wildman–Crippen MR) is 146 cm³/mol. The minimum atomic E-state index is -4.40. The summed E-state index contributed by atoms with van der Waals surface area (Å²) in [6.07, 6.45) is 2.37. The Morgan fingerprint density at radius 3 is 1.66 bits per heavy atom. The van der Waals surface area contributed by atoms with Gasteiger partial charge in [0, 0.05) is 31.9 Å². The van der Waals surface area contributed by atoms with Gasteiger partial charge in [0.15, 0.2) is 0 Å². The average molecular weight is 534 g/mol. The fourth-order valence-corrected chi connectivity index (χ4v) is 3.78. The van der Waals surface area contributed by atoms with Crippen molar-refractivity contribution in [3.05, 3.63) is 29.8 Å². The SMILES string of the molecule is Cl.FC(F)(F)c1cccc(NNc2nc(N3CCCCC3)nc(N3CCCCC3)n2)c1.N.N.N.N.[HH].[HH].[HH].[HH]. The molecule has 4 rings (SSSR count). The Balaban J connectivity index is -0.000000302. The molecule has 3 heterocycles. The van der Waals surface area contributed by atoms with E-state index in [-0.39, 0.29) is 48.4 Å². The lowest BCUT2D eigenvalue weighted by molar-refractivity contribution is -0.137. The fraction of sp³-hybridized carbons (Fsp3) is 0.550. The summed E-state index contributed by atoms with van der Waals surface area (Å²) in [5.74, 6) is 1.51. The van der Waals surface area contributed by atoms with Crippen LogP contribution < -0.4 is 45.3 Å². The van der Waals surface area contributed by atoms with E-state index >= 15 is 0 Å². The van der Waals surface area contributed by atoms with Crippen LogP contribution in [0.2, 0.25) is 0 Å². The first-order valence-corrected chi connectivity index (χ1v) is 10.4. The highest BCUT2D eigenvalue weighted by molar-refractivity contribution is 5.85. The Bertz CT molecular complexity index is 843. The van der Waals surface area contributed by atoms with Crippen molar-refractivity contribution < 1.29 is 18.9 Å². The van der Waals surface area contributed by atoms with E-state index in [0.717, 1.165) is 64.0 Å². The summed E-state index contributed by atoms with van der Waals surface area (Å²) in [4.78, 5) is 18.0. The molecule has 2 saturated heterocycles. The van der Waals surface area contributed by atoms with Gasteiger partial charge in [0.2, 0.25) is 17.8 Å². The summed E-state index contributed by atoms with van der Waals surface area (Å²) >= 11 is 0. The van der Waals surface area contributed by atoms with Crippen molar-refractivity contribution in [1.82, 2.24) is 39.6 Å². The predicted octanol–water partition coefficient (Wildman–Crippen LogP) is 6.36. The molecule has 0 saturated carbocycles. The number of nitrogens with zero attached hydrogens (tertiary/aromatic N) is 5. The normalized spacial score (nSPS) is 15.2. The number of benzene rings is 1. The van der Waals surface area contributed by atoms with Crippen molar-refractivity contribution in [3.63, 3.8) is 0 Å². The molecule has 14 N–H and O–H groups in total. The summed E-state index contributed by atoms with van der Waals surface area (Å²) in [7, 11) is 0. The van der Waals surface area contributed by atoms with Crippen molar-refractivity contribution >= 4 is 35.9 Å². The molecular weight excluding hydrogens is 487 g/mol. The number of halogens is 4. The molecule has 2 aromatic rings. The number of hydrogen-bond acceptors (Lipinski definition) is 11. The standard InChI is InChI=1S/C20H26F3N7.ClH.4H3N.4H2/c21-20(22,23)15-8-7-9-16(14-15)27-28-17-24-18(29-10-3-1-4-11-29)26-19(25-17)30-12-5-2-6-13-30;;;;;;;;;/h7-9,14,27H,1-6,10-13H2,(H,24,25,26,28);1H;4*1H3;4*1H. The highest BCUT2D eigenvalue weighted by Crippen LogP contribution is 2.30. The molecule has 1 aromatic heterocycles. The first-order chi connectivity index (χ1) is 14.5. The van der Waals surface area contributed by atoms with Crippen LogP contribution in [0.25, 0.3) is 0 Å². The Morgan fingerprint density at radius 1 is 0.714 bits per heavy atom. The van der Waals surface area contributed by atoms with Gasteiger partial charge in [-0.15, -0.1) is 12.4 Å². The number of aromatic nitrogens is 3. The van der Waals surface area contributed by atoms with E-state index in [4.69, 9.17) is 4.98 Å². The van der Waals surface area contributed by atoms with E-state index in [1.165, 1.54) is 18.9 Å². The van der Waals surface area contributed by atoms with Gasteiger partial charge in [-0.1, -0.05) is 6.07 Å². The molecule has 0 spiro atoms. The highest BCUT2D eigenvalue weighted by Gasteiger charge is 2.30. The maximum absolute atomic E-state index is 13.0. The lowest BCUT2D eigenvalue weighted by Gasteiger charge is -2.30. The Labute approximate surface area is 216 Å². The minimum absolute atomic E-state index is 0. The lowest BCUT2D eigenvalue weighted by atomic mass is 10.1. The molecule has 2 aliphatic rings. The van der Waals surface area contributed by atoms with Gasteiger partial charge in [0.25, 0.3) is 0 Å². The molecule has 2 fully saturated rings. The minimum Gasteiger partial charge on any atom is -0.344 e. The van der Waals surface area contributed by atoms with Crippen LogP contribution in [-0.2, 0) is 6.18 Å². The molecule has 0 atom stereocenters. The second kappa shape index (κ2) is 15.4. The molecule has 0 unspecified atom stereocenters. The van der Waals surface area contributed by atoms with E-state index in [1.54, 1.807) is 6.07 Å². The molecule has 210 valence electrons. The number of rotatable bonds is 5. The zero-order valence-corrected chi connectivity index (χ0v) is 20.8. The third-order valence-electron chi connectivity index (χ3n) is 5.40. The summed E-state index contributed by atoms with van der Waals surface area (Å²) in [6.45, 7) is 3.57. The third-order valence-corrected chi connectivity index (χ3v) is 5.40. The van der Waals surface area contributed by atoms with Gasteiger partial charge in [0.05, 0.1) is 11.3 Å². The molecule has 2 aliphatic heterocycles. The van der Waals surface area contributed by atoms with Crippen molar-refractivity contribution in [2.45, 2.75) is 44.7 Å². The highest BCUT2D eigenvalue weighted by atomic mass is 35.5. The number of anilines is 4. The van der Waals surface area contributed by atoms with Crippen LogP contribution in [0.15, 0.2) is 24.3 Å². The van der Waals surface area contributed by atoms with Crippen LogP contribution in [0.5, 0.6) is 0 Å². The van der Waals surface area contributed by atoms with Gasteiger partial charge < -0.3 is 34.4 Å². The van der Waals surface area contributed by atoms with E-state index in [2.05, 4.69) is 30.6 Å². The van der Waals surface area contributed by atoms with Gasteiger partial charge in [0.1, 0.15) is 0 Å². The topological polar surface area (TPSA) is 209 Å². The first kappa shape index (κ1) is 34.5. The van der Waals surface area contributed by atoms with E-state index < -0.39 is 11.7 Å². The summed E-state index contributed by atoms with van der Waals surface area (Å²) < 4.78 is 38.9. The molecule has 35 heavy (non-hydrogen) atoms. The number of hydrogen-bond donors (Lipinski definition) is 6. The number of hydrazine groups is 1. The second-order valence-corrected chi connectivity index (χ2v) is 7.68. The quantitative estimate of drug-likeness (QED) is 0.232. The molecule has 1 aromatic carbocycles. The van der Waals surface area contributed by atoms with Crippen LogP contribution in [0.3, 0.4) is 0 Å². The molecule has 15 heteroatoms.